The molecule has 7 nitrogen and oxygen atoms in total. The minimum absolute atomic E-state index is 0.0991. The molecule has 0 bridgehead atoms. The highest BCUT2D eigenvalue weighted by atomic mass is 16.5. The second-order valence-electron chi connectivity index (χ2n) is 6.98. The Kier molecular flexibility index (Phi) is 8.08. The maximum atomic E-state index is 12.5. The van der Waals surface area contributed by atoms with Crippen LogP contribution in [0.5, 0.6) is 0 Å². The zero-order valence-electron chi connectivity index (χ0n) is 14.3. The van der Waals surface area contributed by atoms with Crippen molar-refractivity contribution in [3.05, 3.63) is 0 Å². The van der Waals surface area contributed by atoms with Crippen LogP contribution in [0, 0.1) is 17.3 Å². The van der Waals surface area contributed by atoms with Gasteiger partial charge >= 0.3 is 0 Å². The third kappa shape index (κ3) is 6.89. The lowest BCUT2D eigenvalue weighted by Gasteiger charge is -2.32. The first-order valence-corrected chi connectivity index (χ1v) is 7.45. The molecule has 0 aliphatic rings. The molecule has 0 aliphatic heterocycles. The number of hydrogen-bond donors (Lipinski definition) is 3. The van der Waals surface area contributed by atoms with Gasteiger partial charge in [-0.3, -0.25) is 19.6 Å². The van der Waals surface area contributed by atoms with Gasteiger partial charge in [-0.05, 0) is 17.8 Å². The average Bonchev–Trinajstić information content (AvgIpc) is 2.40. The molecule has 0 aromatic carbocycles. The average molecular weight is 315 g/mol. The second-order valence-corrected chi connectivity index (χ2v) is 6.98. The van der Waals surface area contributed by atoms with E-state index in [4.69, 9.17) is 0 Å². The quantitative estimate of drug-likeness (QED) is 0.350. The molecule has 0 unspecified atom stereocenters. The van der Waals surface area contributed by atoms with Crippen molar-refractivity contribution in [2.24, 2.45) is 17.3 Å². The highest BCUT2D eigenvalue weighted by Crippen LogP contribution is 2.21. The maximum Gasteiger partial charge on any atom is 0.242 e. The maximum absolute atomic E-state index is 12.5. The molecule has 7 heteroatoms. The molecule has 0 radical (unpaired) electrons. The predicted molar refractivity (Wildman–Crippen MR) is 83.0 cm³/mol. The molecule has 0 aliphatic carbocycles. The molecule has 2 atom stereocenters. The highest BCUT2D eigenvalue weighted by Gasteiger charge is 2.34. The molecular formula is C15H29N3O4. The van der Waals surface area contributed by atoms with Gasteiger partial charge < -0.3 is 10.6 Å². The minimum Gasteiger partial charge on any atom is -0.357 e. The molecule has 0 spiro atoms. The molecule has 0 rings (SSSR count). The molecule has 0 aromatic heterocycles. The number of hydrogen-bond acceptors (Lipinski definition) is 4. The van der Waals surface area contributed by atoms with Gasteiger partial charge in [0.15, 0.2) is 0 Å². The summed E-state index contributed by atoms with van der Waals surface area (Å²) in [6, 6.07) is -0.692. The van der Waals surface area contributed by atoms with E-state index in [0.717, 1.165) is 0 Å². The Balaban J connectivity index is 5.11. The van der Waals surface area contributed by atoms with E-state index >= 15 is 0 Å². The smallest absolute Gasteiger partial charge is 0.242 e. The van der Waals surface area contributed by atoms with Crippen LogP contribution in [0.25, 0.3) is 0 Å². The van der Waals surface area contributed by atoms with Crippen molar-refractivity contribution in [3.8, 4) is 0 Å². The van der Waals surface area contributed by atoms with Crippen molar-refractivity contribution in [1.29, 1.82) is 0 Å². The lowest BCUT2D eigenvalue weighted by atomic mass is 9.85. The van der Waals surface area contributed by atoms with Gasteiger partial charge in [0.1, 0.15) is 6.04 Å². The van der Waals surface area contributed by atoms with Crippen LogP contribution in [0.15, 0.2) is 0 Å². The number of nitrogens with zero attached hydrogens (tertiary/aromatic N) is 1. The fourth-order valence-corrected chi connectivity index (χ4v) is 2.18. The Bertz CT molecular complexity index is 391. The normalized spacial score (nSPS) is 14.2. The molecule has 128 valence electrons. The second kappa shape index (κ2) is 8.73. The van der Waals surface area contributed by atoms with Crippen molar-refractivity contribution < 1.29 is 19.6 Å². The van der Waals surface area contributed by atoms with E-state index in [9.17, 15) is 19.6 Å². The van der Waals surface area contributed by atoms with Gasteiger partial charge in [-0.25, -0.2) is 5.06 Å². The molecule has 22 heavy (non-hydrogen) atoms. The van der Waals surface area contributed by atoms with Gasteiger partial charge in [-0.15, -0.1) is 0 Å². The van der Waals surface area contributed by atoms with Crippen molar-refractivity contribution in [3.63, 3.8) is 0 Å². The van der Waals surface area contributed by atoms with Crippen LogP contribution in [0.3, 0.4) is 0 Å². The van der Waals surface area contributed by atoms with Crippen LogP contribution in [-0.2, 0) is 14.4 Å². The Morgan fingerprint density at radius 2 is 1.77 bits per heavy atom. The third-order valence-electron chi connectivity index (χ3n) is 3.32. The minimum atomic E-state index is -0.692. The van der Waals surface area contributed by atoms with Gasteiger partial charge in [-0.2, -0.15) is 0 Å². The molecule has 0 saturated heterocycles. The van der Waals surface area contributed by atoms with Crippen LogP contribution in [-0.4, -0.2) is 48.1 Å². The molecule has 0 heterocycles. The summed E-state index contributed by atoms with van der Waals surface area (Å²) in [6.07, 6.45) is 0.766. The van der Waals surface area contributed by atoms with Gasteiger partial charge in [0.05, 0.1) is 12.5 Å². The lowest BCUT2D eigenvalue weighted by molar-refractivity contribution is -0.155. The topological polar surface area (TPSA) is 98.7 Å². The number of amides is 3. The highest BCUT2D eigenvalue weighted by molar-refractivity contribution is 5.89. The SMILES string of the molecule is CNC(=O)[C@@H](NC(=O)[C@@H](CC(C)C)CN(O)C=O)C(C)(C)C. The molecule has 0 fully saturated rings. The van der Waals surface area contributed by atoms with E-state index < -0.39 is 17.4 Å². The van der Waals surface area contributed by atoms with E-state index in [2.05, 4.69) is 10.6 Å². The number of nitrogens with one attached hydrogen (secondary N) is 2. The number of likely N-dealkylation sites (N-methyl/N-ethyl adjacent to an activating group) is 1. The summed E-state index contributed by atoms with van der Waals surface area (Å²) in [5, 5.41) is 15.1. The van der Waals surface area contributed by atoms with Gasteiger partial charge in [0.2, 0.25) is 18.2 Å². The Labute approximate surface area is 132 Å². The summed E-state index contributed by atoms with van der Waals surface area (Å²) in [4.78, 5) is 35.0. The van der Waals surface area contributed by atoms with Crippen molar-refractivity contribution >= 4 is 18.2 Å². The zero-order valence-corrected chi connectivity index (χ0v) is 14.3. The Morgan fingerprint density at radius 3 is 2.14 bits per heavy atom. The third-order valence-corrected chi connectivity index (χ3v) is 3.32. The Morgan fingerprint density at radius 1 is 1.23 bits per heavy atom. The first-order valence-electron chi connectivity index (χ1n) is 7.45. The summed E-state index contributed by atoms with van der Waals surface area (Å²) in [5.41, 5.74) is -0.457. The summed E-state index contributed by atoms with van der Waals surface area (Å²) < 4.78 is 0. The van der Waals surface area contributed by atoms with Crippen molar-refractivity contribution in [2.75, 3.05) is 13.6 Å². The number of rotatable bonds is 8. The Hall–Kier alpha value is -1.63. The van der Waals surface area contributed by atoms with Crippen LogP contribution < -0.4 is 10.6 Å². The van der Waals surface area contributed by atoms with Crippen LogP contribution >= 0.6 is 0 Å². The van der Waals surface area contributed by atoms with Gasteiger partial charge in [-0.1, -0.05) is 34.6 Å². The van der Waals surface area contributed by atoms with E-state index in [1.165, 1.54) is 7.05 Å². The summed E-state index contributed by atoms with van der Waals surface area (Å²) in [5.74, 6) is -0.993. The van der Waals surface area contributed by atoms with Gasteiger partial charge in [0.25, 0.3) is 0 Å². The van der Waals surface area contributed by atoms with E-state index in [-0.39, 0.29) is 30.7 Å². The standard InChI is InChI=1S/C15H29N3O4/c1-10(2)7-11(8-18(22)9-19)13(20)17-12(14(21)16-6)15(3,4)5/h9-12,22H,7-8H2,1-6H3,(H,16,21)(H,17,20)/t11-,12+/m0/s1. The lowest BCUT2D eigenvalue weighted by Crippen LogP contribution is -2.55. The molecular weight excluding hydrogens is 286 g/mol. The van der Waals surface area contributed by atoms with E-state index in [1.54, 1.807) is 0 Å². The fourth-order valence-electron chi connectivity index (χ4n) is 2.18. The summed E-state index contributed by atoms with van der Waals surface area (Å²) in [7, 11) is 1.51. The van der Waals surface area contributed by atoms with Gasteiger partial charge in [0, 0.05) is 7.05 Å². The van der Waals surface area contributed by atoms with Crippen LogP contribution in [0.4, 0.5) is 0 Å². The molecule has 0 aromatic rings. The summed E-state index contributed by atoms with van der Waals surface area (Å²) >= 11 is 0. The number of carbonyl (C=O) groups is 3. The number of hydroxylamine groups is 2. The molecule has 0 saturated carbocycles. The number of carbonyl (C=O) groups excluding carboxylic acids is 3. The zero-order chi connectivity index (χ0) is 17.5. The van der Waals surface area contributed by atoms with Crippen molar-refractivity contribution in [1.82, 2.24) is 15.7 Å². The molecule has 3 amide bonds. The molecule has 3 N–H and O–H groups in total. The van der Waals surface area contributed by atoms with E-state index in [0.29, 0.717) is 11.5 Å². The fraction of sp³-hybridized carbons (Fsp3) is 0.800. The first-order chi connectivity index (χ1) is 10.0. The predicted octanol–water partition coefficient (Wildman–Crippen LogP) is 0.773. The first kappa shape index (κ1) is 20.4. The van der Waals surface area contributed by atoms with Crippen LogP contribution in [0.1, 0.15) is 41.0 Å². The monoisotopic (exact) mass is 315 g/mol. The van der Waals surface area contributed by atoms with Crippen LogP contribution in [0.2, 0.25) is 0 Å². The van der Waals surface area contributed by atoms with Crippen molar-refractivity contribution in [2.45, 2.75) is 47.1 Å². The largest absolute Gasteiger partial charge is 0.357 e. The van der Waals surface area contributed by atoms with E-state index in [1.807, 2.05) is 34.6 Å². The summed E-state index contributed by atoms with van der Waals surface area (Å²) in [6.45, 7) is 9.36.